The van der Waals surface area contributed by atoms with E-state index in [1.54, 1.807) is 18.2 Å². The summed E-state index contributed by atoms with van der Waals surface area (Å²) < 4.78 is 41.4. The van der Waals surface area contributed by atoms with Gasteiger partial charge in [0.25, 0.3) is 0 Å². The molecule has 0 heterocycles. The molecular weight excluding hydrogens is 341 g/mol. The molecule has 0 saturated carbocycles. The Balaban J connectivity index is 2.39. The maximum atomic E-state index is 13.8. The van der Waals surface area contributed by atoms with Crippen LogP contribution in [0.15, 0.2) is 51.8 Å². The third-order valence-corrected chi connectivity index (χ3v) is 6.60. The number of allylic oxidation sites excluding steroid dienone is 4. The maximum absolute atomic E-state index is 13.8. The van der Waals surface area contributed by atoms with Crippen LogP contribution in [0.5, 0.6) is 0 Å². The molecule has 0 nitrogen and oxygen atoms in total. The maximum Gasteiger partial charge on any atom is 0.585 e. The van der Waals surface area contributed by atoms with Gasteiger partial charge in [0.05, 0.1) is 0 Å². The molecule has 1 aliphatic rings. The molecule has 0 saturated heterocycles. The topological polar surface area (TPSA) is 0 Å². The summed E-state index contributed by atoms with van der Waals surface area (Å²) in [5.41, 5.74) is -2.04. The minimum Gasteiger partial charge on any atom is -0.122 e. The van der Waals surface area contributed by atoms with Crippen LogP contribution in [0.1, 0.15) is 59.9 Å². The first-order valence-corrected chi connectivity index (χ1v) is 9.84. The molecule has 1 aromatic rings. The molecule has 1 atom stereocenters. The first kappa shape index (κ1) is 20.2. The number of hydrogen-bond acceptors (Lipinski definition) is 0. The van der Waals surface area contributed by atoms with E-state index in [9.17, 15) is 13.2 Å². The zero-order valence-corrected chi connectivity index (χ0v) is 16.7. The van der Waals surface area contributed by atoms with E-state index in [1.807, 2.05) is 18.2 Å². The van der Waals surface area contributed by atoms with Crippen LogP contribution in [0, 0.1) is 5.41 Å². The van der Waals surface area contributed by atoms with Crippen LogP contribution >= 0.6 is 0 Å². The normalized spacial score (nSPS) is 17.8. The highest BCUT2D eigenvalue weighted by Crippen LogP contribution is 2.43. The van der Waals surface area contributed by atoms with Crippen molar-refractivity contribution in [3.05, 3.63) is 52.5 Å². The standard InChI is InChI=1S/C21H28F3S/c1-19(2,3)15-7-11-17(12-8-15)25(21(22,23)24)18-13-9-16(10-14-18)20(4,5)6/h7-9,11-13H,10,14H2,1-6H3/q+1. The van der Waals surface area contributed by atoms with Gasteiger partial charge in [-0.1, -0.05) is 65.3 Å². The number of hydrogen-bond donors (Lipinski definition) is 0. The van der Waals surface area contributed by atoms with Gasteiger partial charge < -0.3 is 0 Å². The van der Waals surface area contributed by atoms with Crippen molar-refractivity contribution in [1.29, 1.82) is 0 Å². The minimum atomic E-state index is -4.25. The molecule has 0 fully saturated rings. The lowest BCUT2D eigenvalue weighted by Crippen LogP contribution is -2.27. The lowest BCUT2D eigenvalue weighted by Gasteiger charge is -2.25. The highest BCUT2D eigenvalue weighted by atomic mass is 32.2. The Bertz CT molecular complexity index is 665. The second-order valence-electron chi connectivity index (χ2n) is 8.60. The van der Waals surface area contributed by atoms with Crippen LogP contribution in [-0.2, 0) is 16.3 Å². The van der Waals surface area contributed by atoms with Gasteiger partial charge >= 0.3 is 5.51 Å². The predicted molar refractivity (Wildman–Crippen MR) is 102 cm³/mol. The van der Waals surface area contributed by atoms with Crippen LogP contribution in [-0.4, -0.2) is 5.51 Å². The van der Waals surface area contributed by atoms with Gasteiger partial charge in [0.15, 0.2) is 15.8 Å². The number of alkyl halides is 3. The van der Waals surface area contributed by atoms with E-state index in [0.717, 1.165) is 5.56 Å². The van der Waals surface area contributed by atoms with Gasteiger partial charge in [-0.2, -0.15) is 0 Å². The highest BCUT2D eigenvalue weighted by molar-refractivity contribution is 8.01. The van der Waals surface area contributed by atoms with Crippen LogP contribution in [0.2, 0.25) is 0 Å². The van der Waals surface area contributed by atoms with Crippen LogP contribution < -0.4 is 0 Å². The Morgan fingerprint density at radius 3 is 1.68 bits per heavy atom. The molecule has 1 aliphatic carbocycles. The molecular formula is C21H28F3S+. The summed E-state index contributed by atoms with van der Waals surface area (Å²) in [5.74, 6) is 0. The summed E-state index contributed by atoms with van der Waals surface area (Å²) in [4.78, 5) is 0.850. The highest BCUT2D eigenvalue weighted by Gasteiger charge is 2.55. The molecule has 0 aliphatic heterocycles. The van der Waals surface area contributed by atoms with Gasteiger partial charge in [-0.05, 0) is 41.0 Å². The summed E-state index contributed by atoms with van der Waals surface area (Å²) in [6, 6.07) is 6.98. The average Bonchev–Trinajstić information content (AvgIpc) is 2.45. The van der Waals surface area contributed by atoms with E-state index >= 15 is 0 Å². The third-order valence-electron chi connectivity index (χ3n) is 4.52. The molecule has 0 amide bonds. The summed E-state index contributed by atoms with van der Waals surface area (Å²) in [7, 11) is -1.85. The van der Waals surface area contributed by atoms with Gasteiger partial charge in [0, 0.05) is 6.42 Å². The molecule has 1 aromatic carbocycles. The van der Waals surface area contributed by atoms with E-state index in [0.29, 0.717) is 22.6 Å². The molecule has 2 rings (SSSR count). The molecule has 0 spiro atoms. The van der Waals surface area contributed by atoms with Gasteiger partial charge in [0.1, 0.15) is 4.91 Å². The van der Waals surface area contributed by atoms with E-state index < -0.39 is 16.4 Å². The first-order chi connectivity index (χ1) is 11.3. The quantitative estimate of drug-likeness (QED) is 0.486. The molecule has 0 N–H and O–H groups in total. The fourth-order valence-corrected chi connectivity index (χ4v) is 4.72. The molecule has 4 heteroatoms. The first-order valence-electron chi connectivity index (χ1n) is 8.62. The van der Waals surface area contributed by atoms with Crippen molar-refractivity contribution < 1.29 is 13.2 Å². The molecule has 138 valence electrons. The molecule has 0 aromatic heterocycles. The Labute approximate surface area is 152 Å². The van der Waals surface area contributed by atoms with Crippen molar-refractivity contribution in [3.63, 3.8) is 0 Å². The van der Waals surface area contributed by atoms with Crippen molar-refractivity contribution >= 4 is 10.9 Å². The van der Waals surface area contributed by atoms with Crippen molar-refractivity contribution in [2.45, 2.75) is 70.2 Å². The van der Waals surface area contributed by atoms with Crippen molar-refractivity contribution in [3.8, 4) is 0 Å². The smallest absolute Gasteiger partial charge is 0.122 e. The van der Waals surface area contributed by atoms with Gasteiger partial charge in [-0.15, -0.1) is 13.2 Å². The van der Waals surface area contributed by atoms with Gasteiger partial charge in [0.2, 0.25) is 0 Å². The SMILES string of the molecule is CC(C)(C)C1=CC=C([S+](c2ccc(C(C)(C)C)cc2)C(F)(F)F)CC1. The van der Waals surface area contributed by atoms with Crippen molar-refractivity contribution in [1.82, 2.24) is 0 Å². The Hall–Kier alpha value is -1.16. The number of halogens is 3. The minimum absolute atomic E-state index is 0.00717. The number of rotatable bonds is 2. The molecule has 25 heavy (non-hydrogen) atoms. The monoisotopic (exact) mass is 369 g/mol. The zero-order chi connectivity index (χ0) is 19.0. The molecule has 0 bridgehead atoms. The molecule has 0 radical (unpaired) electrons. The summed E-state index contributed by atoms with van der Waals surface area (Å²) in [5, 5.41) is 0. The average molecular weight is 370 g/mol. The van der Waals surface area contributed by atoms with Gasteiger partial charge in [-0.3, -0.25) is 0 Å². The Kier molecular flexibility index (Phi) is 5.53. The predicted octanol–water partition coefficient (Wildman–Crippen LogP) is 7.13. The summed E-state index contributed by atoms with van der Waals surface area (Å²) in [6.45, 7) is 12.5. The van der Waals surface area contributed by atoms with Gasteiger partial charge in [-0.25, -0.2) is 0 Å². The van der Waals surface area contributed by atoms with Crippen molar-refractivity contribution in [2.24, 2.45) is 5.41 Å². The Morgan fingerprint density at radius 1 is 0.760 bits per heavy atom. The Morgan fingerprint density at radius 2 is 1.32 bits per heavy atom. The zero-order valence-electron chi connectivity index (χ0n) is 15.9. The fraction of sp³-hybridized carbons (Fsp3) is 0.524. The van der Waals surface area contributed by atoms with E-state index in [2.05, 4.69) is 41.5 Å². The molecule has 1 unspecified atom stereocenters. The fourth-order valence-electron chi connectivity index (χ4n) is 2.94. The third kappa shape index (κ3) is 4.93. The van der Waals surface area contributed by atoms with Crippen LogP contribution in [0.3, 0.4) is 0 Å². The summed E-state index contributed by atoms with van der Waals surface area (Å²) >= 11 is 0. The van der Waals surface area contributed by atoms with Crippen LogP contribution in [0.25, 0.3) is 0 Å². The van der Waals surface area contributed by atoms with Crippen molar-refractivity contribution in [2.75, 3.05) is 0 Å². The second-order valence-corrected chi connectivity index (χ2v) is 10.7. The lowest BCUT2D eigenvalue weighted by molar-refractivity contribution is -0.0364. The largest absolute Gasteiger partial charge is 0.585 e. The van der Waals surface area contributed by atoms with E-state index in [-0.39, 0.29) is 10.8 Å². The van der Waals surface area contributed by atoms with Crippen LogP contribution in [0.4, 0.5) is 13.2 Å². The summed E-state index contributed by atoms with van der Waals surface area (Å²) in [6.07, 6.45) is 4.79. The van der Waals surface area contributed by atoms with E-state index in [1.165, 1.54) is 5.57 Å². The second kappa shape index (κ2) is 6.86. The number of benzene rings is 1. The van der Waals surface area contributed by atoms with E-state index in [4.69, 9.17) is 0 Å². The lowest BCUT2D eigenvalue weighted by atomic mass is 9.82.